The van der Waals surface area contributed by atoms with Crippen LogP contribution in [0.5, 0.6) is 0 Å². The lowest BCUT2D eigenvalue weighted by Crippen LogP contribution is -2.15. The SMILES string of the molecule is Cc1cc(NC(=O)c2ccccc2[N+](=O)[O-])ccc1NC(=O)c1ccccc1. The van der Waals surface area contributed by atoms with Crippen molar-refractivity contribution in [2.75, 3.05) is 10.6 Å². The van der Waals surface area contributed by atoms with E-state index in [0.29, 0.717) is 16.9 Å². The van der Waals surface area contributed by atoms with Gasteiger partial charge in [0.15, 0.2) is 0 Å². The average molecular weight is 375 g/mol. The van der Waals surface area contributed by atoms with E-state index >= 15 is 0 Å². The molecule has 0 spiro atoms. The number of nitro benzene ring substituents is 1. The van der Waals surface area contributed by atoms with Gasteiger partial charge in [-0.25, -0.2) is 0 Å². The van der Waals surface area contributed by atoms with E-state index in [1.54, 1.807) is 55.5 Å². The van der Waals surface area contributed by atoms with Crippen molar-refractivity contribution < 1.29 is 14.5 Å². The van der Waals surface area contributed by atoms with Crippen LogP contribution in [0.2, 0.25) is 0 Å². The average Bonchev–Trinajstić information content (AvgIpc) is 2.70. The first-order valence-electron chi connectivity index (χ1n) is 8.47. The molecular formula is C21H17N3O4. The molecule has 0 fully saturated rings. The summed E-state index contributed by atoms with van der Waals surface area (Å²) in [6.45, 7) is 1.79. The number of hydrogen-bond donors (Lipinski definition) is 2. The third-order valence-electron chi connectivity index (χ3n) is 4.11. The van der Waals surface area contributed by atoms with Crippen molar-refractivity contribution in [2.45, 2.75) is 6.92 Å². The number of hydrogen-bond acceptors (Lipinski definition) is 4. The van der Waals surface area contributed by atoms with Crippen LogP contribution in [0.15, 0.2) is 72.8 Å². The number of anilines is 2. The van der Waals surface area contributed by atoms with Gasteiger partial charge in [0.1, 0.15) is 5.56 Å². The van der Waals surface area contributed by atoms with Gasteiger partial charge in [0.25, 0.3) is 17.5 Å². The van der Waals surface area contributed by atoms with Gasteiger partial charge in [-0.05, 0) is 48.9 Å². The number of carbonyl (C=O) groups excluding carboxylic acids is 2. The number of amides is 2. The Morgan fingerprint density at radius 2 is 1.54 bits per heavy atom. The number of aryl methyl sites for hydroxylation is 1. The molecule has 140 valence electrons. The van der Waals surface area contributed by atoms with E-state index in [0.717, 1.165) is 5.56 Å². The molecule has 28 heavy (non-hydrogen) atoms. The molecule has 3 aromatic carbocycles. The molecule has 0 saturated heterocycles. The van der Waals surface area contributed by atoms with Gasteiger partial charge in [-0.15, -0.1) is 0 Å². The highest BCUT2D eigenvalue weighted by atomic mass is 16.6. The molecule has 7 heteroatoms. The number of carbonyl (C=O) groups is 2. The van der Waals surface area contributed by atoms with E-state index < -0.39 is 10.8 Å². The first-order valence-corrected chi connectivity index (χ1v) is 8.47. The Morgan fingerprint density at radius 1 is 0.857 bits per heavy atom. The summed E-state index contributed by atoms with van der Waals surface area (Å²) in [7, 11) is 0. The van der Waals surface area contributed by atoms with E-state index in [1.165, 1.54) is 18.2 Å². The topological polar surface area (TPSA) is 101 Å². The maximum Gasteiger partial charge on any atom is 0.282 e. The summed E-state index contributed by atoms with van der Waals surface area (Å²) in [5.74, 6) is -0.812. The Morgan fingerprint density at radius 3 is 2.21 bits per heavy atom. The zero-order valence-corrected chi connectivity index (χ0v) is 15.0. The summed E-state index contributed by atoms with van der Waals surface area (Å²) >= 11 is 0. The van der Waals surface area contributed by atoms with Gasteiger partial charge >= 0.3 is 0 Å². The van der Waals surface area contributed by atoms with Crippen molar-refractivity contribution in [3.8, 4) is 0 Å². The summed E-state index contributed by atoms with van der Waals surface area (Å²) in [5, 5.41) is 16.6. The van der Waals surface area contributed by atoms with Crippen LogP contribution < -0.4 is 10.6 Å². The molecule has 0 saturated carbocycles. The second-order valence-corrected chi connectivity index (χ2v) is 6.08. The van der Waals surface area contributed by atoms with Crippen molar-refractivity contribution >= 4 is 28.9 Å². The van der Waals surface area contributed by atoms with E-state index in [9.17, 15) is 19.7 Å². The molecule has 2 amide bonds. The first-order chi connectivity index (χ1) is 13.5. The Balaban J connectivity index is 1.75. The van der Waals surface area contributed by atoms with Crippen LogP contribution in [-0.2, 0) is 0 Å². The van der Waals surface area contributed by atoms with Gasteiger partial charge in [-0.1, -0.05) is 30.3 Å². The minimum atomic E-state index is -0.595. The molecule has 3 aromatic rings. The number of nitro groups is 1. The summed E-state index contributed by atoms with van der Waals surface area (Å²) in [5.41, 5.74) is 2.08. The highest BCUT2D eigenvalue weighted by Gasteiger charge is 2.19. The summed E-state index contributed by atoms with van der Waals surface area (Å²) in [6.07, 6.45) is 0. The monoisotopic (exact) mass is 375 g/mol. The van der Waals surface area contributed by atoms with Crippen LogP contribution in [0.1, 0.15) is 26.3 Å². The van der Waals surface area contributed by atoms with Crippen molar-refractivity contribution in [3.63, 3.8) is 0 Å². The van der Waals surface area contributed by atoms with Gasteiger partial charge in [0.2, 0.25) is 0 Å². The van der Waals surface area contributed by atoms with Crippen LogP contribution >= 0.6 is 0 Å². The Labute approximate surface area is 161 Å². The molecule has 3 rings (SSSR count). The lowest BCUT2D eigenvalue weighted by Gasteiger charge is -2.11. The molecule has 0 aliphatic rings. The van der Waals surface area contributed by atoms with Gasteiger partial charge in [-0.2, -0.15) is 0 Å². The fourth-order valence-electron chi connectivity index (χ4n) is 2.69. The Hall–Kier alpha value is -4.00. The Bertz CT molecular complexity index is 1050. The van der Waals surface area contributed by atoms with Crippen molar-refractivity contribution in [1.82, 2.24) is 0 Å². The lowest BCUT2D eigenvalue weighted by atomic mass is 10.1. The fourth-order valence-corrected chi connectivity index (χ4v) is 2.69. The molecule has 7 nitrogen and oxygen atoms in total. The zero-order valence-electron chi connectivity index (χ0n) is 15.0. The number of benzene rings is 3. The quantitative estimate of drug-likeness (QED) is 0.509. The first kappa shape index (κ1) is 18.8. The molecule has 2 N–H and O–H groups in total. The molecular weight excluding hydrogens is 358 g/mol. The van der Waals surface area contributed by atoms with Gasteiger partial charge in [-0.3, -0.25) is 19.7 Å². The third-order valence-corrected chi connectivity index (χ3v) is 4.11. The van der Waals surface area contributed by atoms with E-state index in [2.05, 4.69) is 10.6 Å². The number of nitrogens with one attached hydrogen (secondary N) is 2. The molecule has 0 heterocycles. The van der Waals surface area contributed by atoms with Gasteiger partial charge in [0.05, 0.1) is 4.92 Å². The maximum absolute atomic E-state index is 12.4. The highest BCUT2D eigenvalue weighted by molar-refractivity contribution is 6.07. The molecule has 0 atom stereocenters. The van der Waals surface area contributed by atoms with Crippen LogP contribution in [-0.4, -0.2) is 16.7 Å². The third kappa shape index (κ3) is 4.21. The number of para-hydroxylation sites is 1. The van der Waals surface area contributed by atoms with Gasteiger partial charge in [0, 0.05) is 23.0 Å². The molecule has 0 unspecified atom stereocenters. The standard InChI is InChI=1S/C21H17N3O4/c1-14-13-16(22-21(26)17-9-5-6-10-19(17)24(27)28)11-12-18(14)23-20(25)15-7-3-2-4-8-15/h2-13H,1H3,(H,22,26)(H,23,25). The largest absolute Gasteiger partial charge is 0.322 e. The van der Waals surface area contributed by atoms with Crippen LogP contribution in [0.4, 0.5) is 17.1 Å². The van der Waals surface area contributed by atoms with E-state index in [-0.39, 0.29) is 17.2 Å². The summed E-state index contributed by atoms with van der Waals surface area (Å²) in [4.78, 5) is 35.2. The van der Waals surface area contributed by atoms with Crippen molar-refractivity contribution in [3.05, 3.63) is 99.6 Å². The predicted molar refractivity (Wildman–Crippen MR) is 107 cm³/mol. The molecule has 0 aliphatic heterocycles. The molecule has 0 radical (unpaired) electrons. The summed E-state index contributed by atoms with van der Waals surface area (Å²) < 4.78 is 0. The number of nitrogens with zero attached hydrogens (tertiary/aromatic N) is 1. The predicted octanol–water partition coefficient (Wildman–Crippen LogP) is 4.41. The van der Waals surface area contributed by atoms with Crippen LogP contribution in [0, 0.1) is 17.0 Å². The second kappa shape index (κ2) is 8.13. The van der Waals surface area contributed by atoms with Crippen molar-refractivity contribution in [1.29, 1.82) is 0 Å². The number of rotatable bonds is 5. The van der Waals surface area contributed by atoms with Gasteiger partial charge < -0.3 is 10.6 Å². The second-order valence-electron chi connectivity index (χ2n) is 6.08. The van der Waals surface area contributed by atoms with Crippen molar-refractivity contribution in [2.24, 2.45) is 0 Å². The molecule has 0 aliphatic carbocycles. The molecule has 0 aromatic heterocycles. The smallest absolute Gasteiger partial charge is 0.282 e. The lowest BCUT2D eigenvalue weighted by molar-refractivity contribution is -0.385. The summed E-state index contributed by atoms with van der Waals surface area (Å²) in [6, 6.07) is 19.6. The molecule has 0 bridgehead atoms. The minimum absolute atomic E-state index is 0.0217. The van der Waals surface area contributed by atoms with E-state index in [4.69, 9.17) is 0 Å². The minimum Gasteiger partial charge on any atom is -0.322 e. The van der Waals surface area contributed by atoms with Crippen LogP contribution in [0.25, 0.3) is 0 Å². The zero-order chi connectivity index (χ0) is 20.1. The maximum atomic E-state index is 12.4. The normalized spacial score (nSPS) is 10.2. The van der Waals surface area contributed by atoms with Crippen LogP contribution in [0.3, 0.4) is 0 Å². The highest BCUT2D eigenvalue weighted by Crippen LogP contribution is 2.23. The van der Waals surface area contributed by atoms with E-state index in [1.807, 2.05) is 6.07 Å². The fraction of sp³-hybridized carbons (Fsp3) is 0.0476. The Kier molecular flexibility index (Phi) is 5.45.